The fourth-order valence-electron chi connectivity index (χ4n) is 3.86. The lowest BCUT2D eigenvalue weighted by Crippen LogP contribution is -2.51. The van der Waals surface area contributed by atoms with Crippen LogP contribution in [0.3, 0.4) is 0 Å². The Morgan fingerprint density at radius 2 is 1.19 bits per heavy atom. The van der Waals surface area contributed by atoms with Crippen molar-refractivity contribution in [2.45, 2.75) is 25.9 Å². The number of aromatic nitrogens is 2. The van der Waals surface area contributed by atoms with Crippen LogP contribution in [0.25, 0.3) is 11.4 Å². The van der Waals surface area contributed by atoms with Crippen molar-refractivity contribution in [3.8, 4) is 22.9 Å². The lowest BCUT2D eigenvalue weighted by Gasteiger charge is -2.22. The molecule has 0 atom stereocenters. The van der Waals surface area contributed by atoms with Crippen LogP contribution >= 0.6 is 0 Å². The molecule has 4 heterocycles. The molecule has 0 N–H and O–H groups in total. The number of methoxy groups -OCH3 is 2. The topological polar surface area (TPSA) is 44.7 Å². The fraction of sp³-hybridized carbons (Fsp3) is 0.500. The highest BCUT2D eigenvalue weighted by atomic mass is 16.5. The Bertz CT molecular complexity index is 739. The van der Waals surface area contributed by atoms with Crippen molar-refractivity contribution in [3.63, 3.8) is 0 Å². The Labute approximate surface area is 153 Å². The number of pyridine rings is 2. The van der Waals surface area contributed by atoms with Crippen molar-refractivity contribution < 1.29 is 28.1 Å². The minimum atomic E-state index is 0.569. The molecule has 26 heavy (non-hydrogen) atoms. The van der Waals surface area contributed by atoms with Crippen molar-refractivity contribution >= 4 is 0 Å². The molecule has 0 aliphatic carbocycles. The molecule has 6 heteroatoms. The third-order valence-corrected chi connectivity index (χ3v) is 5.07. The summed E-state index contributed by atoms with van der Waals surface area (Å²) < 4.78 is 26.9. The summed E-state index contributed by atoms with van der Waals surface area (Å²) in [6, 6.07) is 4.18. The second kappa shape index (κ2) is 7.60. The van der Waals surface area contributed by atoms with Gasteiger partial charge in [0, 0.05) is 39.2 Å². The number of hydrogen-bond donors (Lipinski definition) is 0. The van der Waals surface area contributed by atoms with E-state index in [0.717, 1.165) is 37.4 Å². The Hall–Kier alpha value is -2.18. The molecule has 0 unspecified atom stereocenters. The van der Waals surface area contributed by atoms with Gasteiger partial charge in [0.25, 0.3) is 11.4 Å². The first kappa shape index (κ1) is 17.2. The second-order valence-electron chi connectivity index (χ2n) is 6.58. The molecule has 0 aromatic carbocycles. The molecule has 2 aliphatic rings. The van der Waals surface area contributed by atoms with E-state index in [9.17, 15) is 0 Å². The third-order valence-electron chi connectivity index (χ3n) is 5.07. The van der Waals surface area contributed by atoms with Gasteiger partial charge in [-0.3, -0.25) is 0 Å². The first-order valence-electron chi connectivity index (χ1n) is 9.18. The normalized spacial score (nSPS) is 14.1. The Kier molecular flexibility index (Phi) is 5.04. The lowest BCUT2D eigenvalue weighted by molar-refractivity contribution is -0.724. The molecular formula is C20H26N2O4+2. The second-order valence-corrected chi connectivity index (χ2v) is 6.58. The molecule has 2 aromatic heterocycles. The monoisotopic (exact) mass is 358 g/mol. The fourth-order valence-corrected chi connectivity index (χ4v) is 3.86. The number of hydrogen-bond acceptors (Lipinski definition) is 4. The molecule has 0 amide bonds. The summed E-state index contributed by atoms with van der Waals surface area (Å²) in [7, 11) is 3.39. The van der Waals surface area contributed by atoms with Crippen LogP contribution in [0, 0.1) is 0 Å². The Morgan fingerprint density at radius 3 is 1.62 bits per heavy atom. The van der Waals surface area contributed by atoms with Crippen LogP contribution < -0.4 is 18.6 Å². The van der Waals surface area contributed by atoms with Crippen molar-refractivity contribution in [1.29, 1.82) is 0 Å². The van der Waals surface area contributed by atoms with Crippen LogP contribution in [0.2, 0.25) is 0 Å². The molecule has 138 valence electrons. The van der Waals surface area contributed by atoms with Crippen LogP contribution in [0.15, 0.2) is 24.5 Å². The van der Waals surface area contributed by atoms with Crippen molar-refractivity contribution in [3.05, 3.63) is 35.7 Å². The summed E-state index contributed by atoms with van der Waals surface area (Å²) in [5.74, 6) is 1.94. The molecule has 2 aliphatic heterocycles. The van der Waals surface area contributed by atoms with Crippen LogP contribution in [0.5, 0.6) is 11.5 Å². The zero-order chi connectivity index (χ0) is 17.9. The molecule has 6 nitrogen and oxygen atoms in total. The molecule has 4 rings (SSSR count). The van der Waals surface area contributed by atoms with E-state index < -0.39 is 0 Å². The van der Waals surface area contributed by atoms with E-state index in [1.807, 2.05) is 0 Å². The number of rotatable bonds is 8. The summed E-state index contributed by atoms with van der Waals surface area (Å²) in [4.78, 5) is 0. The number of aryl methyl sites for hydroxylation is 2. The summed E-state index contributed by atoms with van der Waals surface area (Å²) in [5, 5.41) is 0. The average molecular weight is 358 g/mol. The van der Waals surface area contributed by atoms with Crippen LogP contribution in [-0.2, 0) is 35.4 Å². The molecule has 0 fully saturated rings. The van der Waals surface area contributed by atoms with Gasteiger partial charge in [-0.15, -0.1) is 0 Å². The van der Waals surface area contributed by atoms with Gasteiger partial charge in [0.2, 0.25) is 0 Å². The Morgan fingerprint density at radius 1 is 0.731 bits per heavy atom. The predicted molar refractivity (Wildman–Crippen MR) is 94.4 cm³/mol. The van der Waals surface area contributed by atoms with E-state index in [-0.39, 0.29) is 0 Å². The SMILES string of the molecule is COCCOc1cc[n+]2c3c1CC[n+]1ccc(OCCOC)c(c1-3)CC2. The zero-order valence-electron chi connectivity index (χ0n) is 15.5. The minimum Gasteiger partial charge on any atom is -0.490 e. The first-order valence-corrected chi connectivity index (χ1v) is 9.18. The minimum absolute atomic E-state index is 0.569. The van der Waals surface area contributed by atoms with Gasteiger partial charge < -0.3 is 18.9 Å². The van der Waals surface area contributed by atoms with E-state index in [1.165, 1.54) is 22.5 Å². The van der Waals surface area contributed by atoms with Crippen molar-refractivity contribution in [2.24, 2.45) is 0 Å². The highest BCUT2D eigenvalue weighted by Gasteiger charge is 2.41. The summed E-state index contributed by atoms with van der Waals surface area (Å²) in [6.07, 6.45) is 6.22. The smallest absolute Gasteiger partial charge is 0.285 e. The van der Waals surface area contributed by atoms with Gasteiger partial charge in [0.15, 0.2) is 25.5 Å². The molecule has 0 saturated carbocycles. The average Bonchev–Trinajstić information content (AvgIpc) is 2.68. The summed E-state index contributed by atoms with van der Waals surface area (Å²) in [5.41, 5.74) is 5.12. The van der Waals surface area contributed by atoms with Crippen LogP contribution in [-0.4, -0.2) is 40.6 Å². The highest BCUT2D eigenvalue weighted by molar-refractivity contribution is 5.64. The summed E-state index contributed by atoms with van der Waals surface area (Å²) in [6.45, 7) is 4.24. The van der Waals surface area contributed by atoms with Crippen LogP contribution in [0.4, 0.5) is 0 Å². The van der Waals surface area contributed by atoms with E-state index in [1.54, 1.807) is 14.2 Å². The maximum absolute atomic E-state index is 5.99. The number of ether oxygens (including phenoxy) is 4. The largest absolute Gasteiger partial charge is 0.490 e. The highest BCUT2D eigenvalue weighted by Crippen LogP contribution is 2.36. The summed E-state index contributed by atoms with van der Waals surface area (Å²) >= 11 is 0. The van der Waals surface area contributed by atoms with Gasteiger partial charge in [-0.1, -0.05) is 0 Å². The van der Waals surface area contributed by atoms with Gasteiger partial charge in [-0.05, 0) is 0 Å². The molecule has 0 spiro atoms. The van der Waals surface area contributed by atoms with Gasteiger partial charge in [-0.2, -0.15) is 9.13 Å². The molecule has 2 aromatic rings. The van der Waals surface area contributed by atoms with E-state index in [4.69, 9.17) is 18.9 Å². The van der Waals surface area contributed by atoms with Crippen LogP contribution in [0.1, 0.15) is 11.1 Å². The molecule has 0 radical (unpaired) electrons. The van der Waals surface area contributed by atoms with Crippen molar-refractivity contribution in [2.75, 3.05) is 40.6 Å². The van der Waals surface area contributed by atoms with E-state index >= 15 is 0 Å². The van der Waals surface area contributed by atoms with Gasteiger partial charge in [0.05, 0.1) is 24.3 Å². The van der Waals surface area contributed by atoms with E-state index in [2.05, 4.69) is 33.7 Å². The predicted octanol–water partition coefficient (Wildman–Crippen LogP) is 1.09. The maximum atomic E-state index is 5.99. The Balaban J connectivity index is 1.74. The van der Waals surface area contributed by atoms with Gasteiger partial charge in [-0.25, -0.2) is 0 Å². The van der Waals surface area contributed by atoms with Crippen molar-refractivity contribution in [1.82, 2.24) is 0 Å². The maximum Gasteiger partial charge on any atom is 0.285 e. The lowest BCUT2D eigenvalue weighted by atomic mass is 9.93. The first-order chi connectivity index (χ1) is 12.8. The standard InChI is InChI=1S/C20H26N2O4/c1-23-11-13-25-17-5-9-21-8-4-16-18(26-14-12-24-2)6-10-22-7-3-15(17)19(21)20(16)22/h5-6,9-10H,3-4,7-8,11-14H2,1-2H3/q+2. The zero-order valence-corrected chi connectivity index (χ0v) is 15.5. The number of nitrogens with zero attached hydrogens (tertiary/aromatic N) is 2. The quantitative estimate of drug-likeness (QED) is 0.524. The molecular weight excluding hydrogens is 332 g/mol. The molecule has 0 bridgehead atoms. The van der Waals surface area contributed by atoms with Gasteiger partial charge >= 0.3 is 0 Å². The third kappa shape index (κ3) is 3.04. The van der Waals surface area contributed by atoms with E-state index in [0.29, 0.717) is 26.4 Å². The molecule has 0 saturated heterocycles. The van der Waals surface area contributed by atoms with Gasteiger partial charge in [0.1, 0.15) is 24.7 Å².